The molecule has 0 amide bonds. The lowest BCUT2D eigenvalue weighted by Gasteiger charge is -2.14. The maximum atomic E-state index is 6.06. The molecule has 0 saturated carbocycles. The molecule has 0 aliphatic heterocycles. The fourth-order valence-corrected chi connectivity index (χ4v) is 2.84. The molecule has 3 aromatic rings. The number of anilines is 1. The standard InChI is InChI=1S/C17H17BrN2O/c1-3-13-14-6-4-5-7-15(14)21-17(13)11(2)20-12-8-9-16(18)19-10-12/h4-11,20H,3H2,1-2H3. The number of nitrogens with one attached hydrogen (secondary N) is 1. The lowest BCUT2D eigenvalue weighted by molar-refractivity contribution is 0.520. The first-order valence-corrected chi connectivity index (χ1v) is 7.86. The number of benzene rings is 1. The largest absolute Gasteiger partial charge is 0.459 e. The summed E-state index contributed by atoms with van der Waals surface area (Å²) in [7, 11) is 0. The van der Waals surface area contributed by atoms with Crippen LogP contribution in [-0.2, 0) is 6.42 Å². The van der Waals surface area contributed by atoms with E-state index in [-0.39, 0.29) is 6.04 Å². The monoisotopic (exact) mass is 344 g/mol. The van der Waals surface area contributed by atoms with Gasteiger partial charge in [-0.2, -0.15) is 0 Å². The second-order valence-electron chi connectivity index (χ2n) is 5.03. The van der Waals surface area contributed by atoms with E-state index in [1.807, 2.05) is 30.5 Å². The smallest absolute Gasteiger partial charge is 0.134 e. The van der Waals surface area contributed by atoms with Crippen molar-refractivity contribution in [2.75, 3.05) is 5.32 Å². The van der Waals surface area contributed by atoms with Crippen molar-refractivity contribution in [2.45, 2.75) is 26.3 Å². The fraction of sp³-hybridized carbons (Fsp3) is 0.235. The van der Waals surface area contributed by atoms with Gasteiger partial charge in [0.15, 0.2) is 0 Å². The highest BCUT2D eigenvalue weighted by atomic mass is 79.9. The Bertz CT molecular complexity index is 749. The van der Waals surface area contributed by atoms with Crippen LogP contribution in [-0.4, -0.2) is 4.98 Å². The zero-order valence-electron chi connectivity index (χ0n) is 12.1. The van der Waals surface area contributed by atoms with E-state index in [1.54, 1.807) is 0 Å². The molecule has 3 rings (SSSR count). The number of aryl methyl sites for hydroxylation is 1. The Labute approximate surface area is 132 Å². The summed E-state index contributed by atoms with van der Waals surface area (Å²) in [4.78, 5) is 4.23. The third kappa shape index (κ3) is 2.81. The van der Waals surface area contributed by atoms with Crippen molar-refractivity contribution in [3.05, 3.63) is 58.5 Å². The summed E-state index contributed by atoms with van der Waals surface area (Å²) in [6.07, 6.45) is 2.77. The molecule has 21 heavy (non-hydrogen) atoms. The van der Waals surface area contributed by atoms with Crippen molar-refractivity contribution in [1.29, 1.82) is 0 Å². The van der Waals surface area contributed by atoms with E-state index >= 15 is 0 Å². The molecule has 4 heteroatoms. The SMILES string of the molecule is CCc1c(C(C)Nc2ccc(Br)nc2)oc2ccccc12. The number of hydrogen-bond acceptors (Lipinski definition) is 3. The molecule has 0 bridgehead atoms. The van der Waals surface area contributed by atoms with E-state index in [9.17, 15) is 0 Å². The van der Waals surface area contributed by atoms with Crippen LogP contribution >= 0.6 is 15.9 Å². The number of fused-ring (bicyclic) bond motifs is 1. The van der Waals surface area contributed by atoms with Gasteiger partial charge in [0.05, 0.1) is 17.9 Å². The van der Waals surface area contributed by atoms with Crippen molar-refractivity contribution in [1.82, 2.24) is 4.98 Å². The van der Waals surface area contributed by atoms with Gasteiger partial charge in [0.2, 0.25) is 0 Å². The molecule has 0 spiro atoms. The van der Waals surface area contributed by atoms with Gasteiger partial charge < -0.3 is 9.73 Å². The van der Waals surface area contributed by atoms with Gasteiger partial charge in [0, 0.05) is 10.9 Å². The summed E-state index contributed by atoms with van der Waals surface area (Å²) in [5.74, 6) is 1.00. The average Bonchev–Trinajstić information content (AvgIpc) is 2.88. The van der Waals surface area contributed by atoms with Crippen LogP contribution in [0.25, 0.3) is 11.0 Å². The topological polar surface area (TPSA) is 38.1 Å². The summed E-state index contributed by atoms with van der Waals surface area (Å²) in [5, 5.41) is 4.65. The van der Waals surface area contributed by atoms with Crippen molar-refractivity contribution >= 4 is 32.6 Å². The highest BCUT2D eigenvalue weighted by Gasteiger charge is 2.18. The van der Waals surface area contributed by atoms with Crippen LogP contribution in [0.3, 0.4) is 0 Å². The lowest BCUT2D eigenvalue weighted by atomic mass is 10.0. The number of aromatic nitrogens is 1. The molecule has 2 aromatic heterocycles. The Hall–Kier alpha value is -1.81. The van der Waals surface area contributed by atoms with Crippen LogP contribution in [0.4, 0.5) is 5.69 Å². The molecule has 1 N–H and O–H groups in total. The summed E-state index contributed by atoms with van der Waals surface area (Å²) in [5.41, 5.74) is 3.20. The second-order valence-corrected chi connectivity index (χ2v) is 5.84. The van der Waals surface area contributed by atoms with Crippen molar-refractivity contribution < 1.29 is 4.42 Å². The predicted molar refractivity (Wildman–Crippen MR) is 89.6 cm³/mol. The normalized spacial score (nSPS) is 12.5. The summed E-state index contributed by atoms with van der Waals surface area (Å²) in [6, 6.07) is 12.2. The number of para-hydroxylation sites is 1. The molecular formula is C17H17BrN2O. The van der Waals surface area contributed by atoms with E-state index < -0.39 is 0 Å². The number of halogens is 1. The van der Waals surface area contributed by atoms with E-state index in [2.05, 4.69) is 52.2 Å². The van der Waals surface area contributed by atoms with Gasteiger partial charge in [0.25, 0.3) is 0 Å². The van der Waals surface area contributed by atoms with E-state index in [0.717, 1.165) is 28.1 Å². The van der Waals surface area contributed by atoms with Gasteiger partial charge in [-0.05, 0) is 47.5 Å². The van der Waals surface area contributed by atoms with Gasteiger partial charge in [-0.15, -0.1) is 0 Å². The van der Waals surface area contributed by atoms with Crippen LogP contribution < -0.4 is 5.32 Å². The molecule has 0 aliphatic carbocycles. The number of hydrogen-bond donors (Lipinski definition) is 1. The number of nitrogens with zero attached hydrogens (tertiary/aromatic N) is 1. The van der Waals surface area contributed by atoms with E-state index in [1.165, 1.54) is 10.9 Å². The molecule has 2 heterocycles. The van der Waals surface area contributed by atoms with Crippen LogP contribution in [0.5, 0.6) is 0 Å². The van der Waals surface area contributed by atoms with Crippen molar-refractivity contribution in [3.8, 4) is 0 Å². The molecular weight excluding hydrogens is 328 g/mol. The van der Waals surface area contributed by atoms with Crippen molar-refractivity contribution in [3.63, 3.8) is 0 Å². The summed E-state index contributed by atoms with van der Waals surface area (Å²) >= 11 is 3.35. The third-order valence-corrected chi connectivity index (χ3v) is 4.06. The number of pyridine rings is 1. The predicted octanol–water partition coefficient (Wildman–Crippen LogP) is 5.33. The first-order valence-electron chi connectivity index (χ1n) is 7.07. The zero-order valence-corrected chi connectivity index (χ0v) is 13.6. The Morgan fingerprint density at radius 1 is 1.24 bits per heavy atom. The second kappa shape index (κ2) is 5.90. The first-order chi connectivity index (χ1) is 10.2. The molecule has 3 nitrogen and oxygen atoms in total. The molecule has 1 unspecified atom stereocenters. The molecule has 0 saturated heterocycles. The summed E-state index contributed by atoms with van der Waals surface area (Å²) in [6.45, 7) is 4.27. The van der Waals surface area contributed by atoms with Crippen molar-refractivity contribution in [2.24, 2.45) is 0 Å². The molecule has 0 fully saturated rings. The number of rotatable bonds is 4. The Balaban J connectivity index is 1.93. The maximum absolute atomic E-state index is 6.06. The molecule has 108 valence electrons. The molecule has 1 aromatic carbocycles. The Kier molecular flexibility index (Phi) is 3.97. The van der Waals surface area contributed by atoms with Crippen LogP contribution in [0, 0.1) is 0 Å². The minimum atomic E-state index is 0.0929. The minimum absolute atomic E-state index is 0.0929. The van der Waals surface area contributed by atoms with Crippen LogP contribution in [0.2, 0.25) is 0 Å². The lowest BCUT2D eigenvalue weighted by Crippen LogP contribution is -2.07. The van der Waals surface area contributed by atoms with Gasteiger partial charge in [0.1, 0.15) is 15.9 Å². The molecule has 1 atom stereocenters. The zero-order chi connectivity index (χ0) is 14.8. The highest BCUT2D eigenvalue weighted by molar-refractivity contribution is 9.10. The quantitative estimate of drug-likeness (QED) is 0.650. The minimum Gasteiger partial charge on any atom is -0.459 e. The Morgan fingerprint density at radius 2 is 2.05 bits per heavy atom. The average molecular weight is 345 g/mol. The first kappa shape index (κ1) is 14.1. The van der Waals surface area contributed by atoms with Crippen LogP contribution in [0.1, 0.15) is 31.2 Å². The maximum Gasteiger partial charge on any atom is 0.134 e. The molecule has 0 aliphatic rings. The Morgan fingerprint density at radius 3 is 2.76 bits per heavy atom. The summed E-state index contributed by atoms with van der Waals surface area (Å²) < 4.78 is 6.89. The van der Waals surface area contributed by atoms with E-state index in [4.69, 9.17) is 4.42 Å². The van der Waals surface area contributed by atoms with Gasteiger partial charge in [-0.3, -0.25) is 0 Å². The number of furan rings is 1. The highest BCUT2D eigenvalue weighted by Crippen LogP contribution is 2.32. The van der Waals surface area contributed by atoms with Crippen LogP contribution in [0.15, 0.2) is 51.6 Å². The fourth-order valence-electron chi connectivity index (χ4n) is 2.61. The molecule has 0 radical (unpaired) electrons. The van der Waals surface area contributed by atoms with Gasteiger partial charge >= 0.3 is 0 Å². The van der Waals surface area contributed by atoms with Gasteiger partial charge in [-0.25, -0.2) is 4.98 Å². The van der Waals surface area contributed by atoms with E-state index in [0.29, 0.717) is 0 Å². The third-order valence-electron chi connectivity index (χ3n) is 3.59. The van der Waals surface area contributed by atoms with Gasteiger partial charge in [-0.1, -0.05) is 25.1 Å².